The second-order valence-corrected chi connectivity index (χ2v) is 8.17. The Bertz CT molecular complexity index is 1000. The van der Waals surface area contributed by atoms with E-state index in [9.17, 15) is 14.9 Å². The molecule has 8 nitrogen and oxygen atoms in total. The molecule has 1 heterocycles. The van der Waals surface area contributed by atoms with Gasteiger partial charge in [-0.05, 0) is 42.5 Å². The smallest absolute Gasteiger partial charge is 0.224 e. The highest BCUT2D eigenvalue weighted by molar-refractivity contribution is 5.81. The Labute approximate surface area is 200 Å². The molecule has 1 atom stereocenters. The lowest BCUT2D eigenvalue weighted by Gasteiger charge is -2.32. The topological polar surface area (TPSA) is 101 Å². The lowest BCUT2D eigenvalue weighted by Crippen LogP contribution is -2.43. The molecule has 180 valence electrons. The van der Waals surface area contributed by atoms with Crippen molar-refractivity contribution in [2.24, 2.45) is 5.92 Å². The van der Waals surface area contributed by atoms with Gasteiger partial charge in [-0.15, -0.1) is 0 Å². The van der Waals surface area contributed by atoms with Crippen molar-refractivity contribution in [1.29, 1.82) is 5.26 Å². The number of carbonyl (C=O) groups is 2. The molecule has 1 aliphatic rings. The molecule has 1 fully saturated rings. The van der Waals surface area contributed by atoms with Crippen LogP contribution < -0.4 is 19.5 Å². The van der Waals surface area contributed by atoms with E-state index in [1.165, 1.54) is 21.3 Å². The molecule has 34 heavy (non-hydrogen) atoms. The summed E-state index contributed by atoms with van der Waals surface area (Å²) in [4.78, 5) is 27.3. The molecular weight excluding hydrogens is 434 g/mol. The van der Waals surface area contributed by atoms with Crippen LogP contribution in [0.4, 0.5) is 0 Å². The van der Waals surface area contributed by atoms with Crippen molar-refractivity contribution in [2.45, 2.75) is 31.7 Å². The van der Waals surface area contributed by atoms with Crippen molar-refractivity contribution in [3.63, 3.8) is 0 Å². The van der Waals surface area contributed by atoms with E-state index >= 15 is 0 Å². The SMILES string of the molecule is COc1cc(C(C#N)NC(=O)C2CCN(C(=O)CCc3ccccc3)CC2)cc(OC)c1OC. The minimum Gasteiger partial charge on any atom is -0.493 e. The molecular formula is C26H31N3O5. The monoisotopic (exact) mass is 465 g/mol. The number of methoxy groups -OCH3 is 3. The number of carbonyl (C=O) groups excluding carboxylic acids is 2. The minimum absolute atomic E-state index is 0.107. The Hall–Kier alpha value is -3.73. The van der Waals surface area contributed by atoms with Crippen LogP contribution in [0, 0.1) is 17.2 Å². The highest BCUT2D eigenvalue weighted by Crippen LogP contribution is 2.39. The molecule has 3 rings (SSSR count). The predicted octanol–water partition coefficient (Wildman–Crippen LogP) is 3.26. The Kier molecular flexibility index (Phi) is 8.74. The second-order valence-electron chi connectivity index (χ2n) is 8.17. The summed E-state index contributed by atoms with van der Waals surface area (Å²) in [7, 11) is 4.49. The van der Waals surface area contributed by atoms with E-state index in [4.69, 9.17) is 14.2 Å². The summed E-state index contributed by atoms with van der Waals surface area (Å²) in [5.74, 6) is 0.895. The maximum atomic E-state index is 12.9. The average Bonchev–Trinajstić information content (AvgIpc) is 2.89. The lowest BCUT2D eigenvalue weighted by atomic mass is 9.94. The minimum atomic E-state index is -0.869. The largest absolute Gasteiger partial charge is 0.493 e. The molecule has 0 radical (unpaired) electrons. The molecule has 0 spiro atoms. The third kappa shape index (κ3) is 5.98. The first-order chi connectivity index (χ1) is 16.5. The van der Waals surface area contributed by atoms with E-state index in [1.807, 2.05) is 35.2 Å². The van der Waals surface area contributed by atoms with Gasteiger partial charge in [-0.2, -0.15) is 5.26 Å². The van der Waals surface area contributed by atoms with Crippen LogP contribution in [0.2, 0.25) is 0 Å². The molecule has 0 aromatic heterocycles. The van der Waals surface area contributed by atoms with Crippen molar-refractivity contribution in [3.8, 4) is 23.3 Å². The fourth-order valence-electron chi connectivity index (χ4n) is 4.16. The van der Waals surface area contributed by atoms with Crippen LogP contribution in [-0.4, -0.2) is 51.1 Å². The zero-order valence-corrected chi connectivity index (χ0v) is 19.9. The van der Waals surface area contributed by atoms with Gasteiger partial charge in [0.1, 0.15) is 6.04 Å². The number of nitrogens with zero attached hydrogens (tertiary/aromatic N) is 2. The predicted molar refractivity (Wildman–Crippen MR) is 127 cm³/mol. The van der Waals surface area contributed by atoms with Gasteiger partial charge in [0.2, 0.25) is 17.6 Å². The van der Waals surface area contributed by atoms with Crippen LogP contribution in [-0.2, 0) is 16.0 Å². The Morgan fingerprint density at radius 2 is 1.68 bits per heavy atom. The number of rotatable bonds is 9. The van der Waals surface area contributed by atoms with E-state index in [1.54, 1.807) is 12.1 Å². The molecule has 2 aromatic rings. The van der Waals surface area contributed by atoms with Crippen LogP contribution in [0.3, 0.4) is 0 Å². The molecule has 1 unspecified atom stereocenters. The fraction of sp³-hybridized carbons (Fsp3) is 0.423. The number of piperidine rings is 1. The summed E-state index contributed by atoms with van der Waals surface area (Å²) in [6, 6.07) is 14.5. The van der Waals surface area contributed by atoms with E-state index in [2.05, 4.69) is 11.4 Å². The van der Waals surface area contributed by atoms with Gasteiger partial charge in [0, 0.05) is 25.4 Å². The van der Waals surface area contributed by atoms with Crippen LogP contribution in [0.5, 0.6) is 17.2 Å². The first-order valence-corrected chi connectivity index (χ1v) is 11.3. The molecule has 0 saturated carbocycles. The number of nitriles is 1. The van der Waals surface area contributed by atoms with E-state index in [0.29, 0.717) is 61.6 Å². The van der Waals surface area contributed by atoms with Gasteiger partial charge in [0.25, 0.3) is 0 Å². The molecule has 0 aliphatic carbocycles. The summed E-state index contributed by atoms with van der Waals surface area (Å²) in [5, 5.41) is 12.5. The Morgan fingerprint density at radius 1 is 1.06 bits per heavy atom. The third-order valence-electron chi connectivity index (χ3n) is 6.12. The molecule has 1 saturated heterocycles. The van der Waals surface area contributed by atoms with Crippen molar-refractivity contribution in [1.82, 2.24) is 10.2 Å². The van der Waals surface area contributed by atoms with E-state index in [-0.39, 0.29) is 17.7 Å². The first-order valence-electron chi connectivity index (χ1n) is 11.3. The van der Waals surface area contributed by atoms with Gasteiger partial charge in [-0.25, -0.2) is 0 Å². The molecule has 0 bridgehead atoms. The van der Waals surface area contributed by atoms with Gasteiger partial charge < -0.3 is 24.4 Å². The summed E-state index contributed by atoms with van der Waals surface area (Å²) in [5.41, 5.74) is 1.68. The van der Waals surface area contributed by atoms with Crippen LogP contribution in [0.15, 0.2) is 42.5 Å². The zero-order valence-electron chi connectivity index (χ0n) is 19.9. The molecule has 2 amide bonds. The number of likely N-dealkylation sites (tertiary alicyclic amines) is 1. The lowest BCUT2D eigenvalue weighted by molar-refractivity contribution is -0.135. The highest BCUT2D eigenvalue weighted by Gasteiger charge is 2.29. The van der Waals surface area contributed by atoms with Crippen molar-refractivity contribution >= 4 is 11.8 Å². The summed E-state index contributed by atoms with van der Waals surface area (Å²) < 4.78 is 16.0. The number of amides is 2. The van der Waals surface area contributed by atoms with Gasteiger partial charge in [-0.1, -0.05) is 30.3 Å². The summed E-state index contributed by atoms with van der Waals surface area (Å²) >= 11 is 0. The number of ether oxygens (including phenoxy) is 3. The van der Waals surface area contributed by atoms with Crippen LogP contribution in [0.25, 0.3) is 0 Å². The average molecular weight is 466 g/mol. The Balaban J connectivity index is 1.56. The van der Waals surface area contributed by atoms with Gasteiger partial charge in [-0.3, -0.25) is 9.59 Å². The molecule has 1 aliphatic heterocycles. The second kappa shape index (κ2) is 11.9. The number of aryl methyl sites for hydroxylation is 1. The molecule has 1 N–H and O–H groups in total. The van der Waals surface area contributed by atoms with Gasteiger partial charge in [0.05, 0.1) is 27.4 Å². The first kappa shape index (κ1) is 24.9. The van der Waals surface area contributed by atoms with Crippen LogP contribution >= 0.6 is 0 Å². The van der Waals surface area contributed by atoms with Gasteiger partial charge in [0.15, 0.2) is 11.5 Å². The normalized spacial score (nSPS) is 14.6. The number of hydrogen-bond acceptors (Lipinski definition) is 6. The van der Waals surface area contributed by atoms with E-state index in [0.717, 1.165) is 5.56 Å². The number of hydrogen-bond donors (Lipinski definition) is 1. The van der Waals surface area contributed by atoms with Gasteiger partial charge >= 0.3 is 0 Å². The summed E-state index contributed by atoms with van der Waals surface area (Å²) in [6.07, 6.45) is 2.30. The molecule has 2 aromatic carbocycles. The Morgan fingerprint density at radius 3 is 2.21 bits per heavy atom. The number of nitrogens with one attached hydrogen (secondary N) is 1. The maximum absolute atomic E-state index is 12.9. The van der Waals surface area contributed by atoms with E-state index < -0.39 is 6.04 Å². The standard InChI is InChI=1S/C26H31N3O5/c1-32-22-15-20(16-23(33-2)25(22)34-3)21(17-27)28-26(31)19-11-13-29(14-12-19)24(30)10-9-18-7-5-4-6-8-18/h4-8,15-16,19,21H,9-14H2,1-3H3,(H,28,31). The molecule has 8 heteroatoms. The maximum Gasteiger partial charge on any atom is 0.224 e. The fourth-order valence-corrected chi connectivity index (χ4v) is 4.16. The van der Waals surface area contributed by atoms with Crippen molar-refractivity contribution in [2.75, 3.05) is 34.4 Å². The van der Waals surface area contributed by atoms with Crippen molar-refractivity contribution in [3.05, 3.63) is 53.6 Å². The zero-order chi connectivity index (χ0) is 24.5. The quantitative estimate of drug-likeness (QED) is 0.610. The highest BCUT2D eigenvalue weighted by atomic mass is 16.5. The van der Waals surface area contributed by atoms with Crippen molar-refractivity contribution < 1.29 is 23.8 Å². The summed E-state index contributed by atoms with van der Waals surface area (Å²) in [6.45, 7) is 1.07. The number of benzene rings is 2. The third-order valence-corrected chi connectivity index (χ3v) is 6.12. The van der Waals surface area contributed by atoms with Crippen LogP contribution in [0.1, 0.15) is 36.4 Å².